The number of ether oxygens (including phenoxy) is 5. The number of carbonyl (C=O) groups excluding carboxylic acids is 3. The molecule has 0 aromatic rings. The zero-order valence-corrected chi connectivity index (χ0v) is 51.5. The molecule has 466 valence electrons. The zero-order valence-electron chi connectivity index (χ0n) is 51.5. The Morgan fingerprint density at radius 1 is 0.420 bits per heavy atom. The van der Waals surface area contributed by atoms with Crippen molar-refractivity contribution in [3.8, 4) is 0 Å². The minimum atomic E-state index is -1.91. The number of carbonyl (C=O) groups is 4. The van der Waals surface area contributed by atoms with Crippen LogP contribution in [0.3, 0.4) is 0 Å². The number of esters is 3. The molecule has 12 nitrogen and oxygen atoms in total. The van der Waals surface area contributed by atoms with Crippen LogP contribution in [0.4, 0.5) is 0 Å². The first-order valence-electron chi connectivity index (χ1n) is 32.9. The summed E-state index contributed by atoms with van der Waals surface area (Å²) in [5.41, 5.74) is 0. The molecule has 0 aromatic carbocycles. The van der Waals surface area contributed by atoms with Gasteiger partial charge in [0.15, 0.2) is 24.6 Å². The highest BCUT2D eigenvalue weighted by molar-refractivity contribution is 5.74. The maximum absolute atomic E-state index is 13.2. The minimum absolute atomic E-state index is 0.0392. The summed E-state index contributed by atoms with van der Waals surface area (Å²) in [6, 6.07) is 0. The van der Waals surface area contributed by atoms with Crippen molar-refractivity contribution in [1.82, 2.24) is 0 Å². The molecule has 0 bridgehead atoms. The average molecular weight is 1140 g/mol. The van der Waals surface area contributed by atoms with Crippen molar-refractivity contribution in [1.29, 1.82) is 0 Å². The number of carboxylic acids is 1. The lowest BCUT2D eigenvalue weighted by Gasteiger charge is -2.40. The summed E-state index contributed by atoms with van der Waals surface area (Å²) in [7, 11) is 0. The Balaban J connectivity index is 2.66. The fourth-order valence-corrected chi connectivity index (χ4v) is 9.70. The highest BCUT2D eigenvalue weighted by Crippen LogP contribution is 2.27. The summed E-state index contributed by atoms with van der Waals surface area (Å²) in [6.07, 6.45) is 60.0. The fourth-order valence-electron chi connectivity index (χ4n) is 9.70. The molecule has 1 saturated heterocycles. The largest absolute Gasteiger partial charge is 0.479 e. The predicted octanol–water partition coefficient (Wildman–Crippen LogP) is 17.7. The maximum atomic E-state index is 13.2. The predicted molar refractivity (Wildman–Crippen MR) is 331 cm³/mol. The Kier molecular flexibility index (Phi) is 52.6. The Morgan fingerprint density at radius 3 is 1.22 bits per heavy atom. The van der Waals surface area contributed by atoms with E-state index in [4.69, 9.17) is 23.7 Å². The van der Waals surface area contributed by atoms with E-state index in [0.29, 0.717) is 19.3 Å². The average Bonchev–Trinajstić information content (AvgIpc) is 3.53. The monoisotopic (exact) mass is 1140 g/mol. The molecule has 0 spiro atoms. The molecule has 3 N–H and O–H groups in total. The van der Waals surface area contributed by atoms with Crippen LogP contribution >= 0.6 is 0 Å². The van der Waals surface area contributed by atoms with Crippen LogP contribution in [0.1, 0.15) is 290 Å². The number of hydrogen-bond donors (Lipinski definition) is 3. The number of aliphatic hydroxyl groups is 2. The molecule has 1 heterocycles. The second-order valence-corrected chi connectivity index (χ2v) is 22.4. The van der Waals surface area contributed by atoms with E-state index in [2.05, 4.69) is 93.7 Å². The maximum Gasteiger partial charge on any atom is 0.335 e. The molecule has 0 aromatic heterocycles. The highest BCUT2D eigenvalue weighted by Gasteiger charge is 2.50. The number of unbranched alkanes of at least 4 members (excludes halogenated alkanes) is 30. The van der Waals surface area contributed by atoms with Gasteiger partial charge >= 0.3 is 23.9 Å². The lowest BCUT2D eigenvalue weighted by Crippen LogP contribution is -2.61. The molecule has 6 atom stereocenters. The molecule has 0 aliphatic carbocycles. The van der Waals surface area contributed by atoms with E-state index in [-0.39, 0.29) is 25.9 Å². The van der Waals surface area contributed by atoms with E-state index in [1.807, 2.05) is 0 Å². The number of hydrogen-bond acceptors (Lipinski definition) is 11. The van der Waals surface area contributed by atoms with E-state index >= 15 is 0 Å². The number of carboxylic acid groups (broad SMARTS) is 1. The Labute approximate surface area is 493 Å². The van der Waals surface area contributed by atoms with Gasteiger partial charge in [0.25, 0.3) is 0 Å². The second kappa shape index (κ2) is 56.6. The summed E-state index contributed by atoms with van der Waals surface area (Å²) < 4.78 is 28.5. The molecule has 1 fully saturated rings. The molecule has 0 saturated carbocycles. The SMILES string of the molecule is CC/C=C\C/C=C\C/C=C\CCCCCCCC(=O)OC1C(OCC(COC(=O)CCCCCCCCCCC/C=C\C/C=C\CCCCC)OC(=O)CCCCCCCCC/C=C\CCCCCCCC)OC(C(=O)O)C(O)C1O. The van der Waals surface area contributed by atoms with Gasteiger partial charge in [0, 0.05) is 19.3 Å². The Hall–Kier alpha value is -3.84. The third kappa shape index (κ3) is 46.3. The van der Waals surface area contributed by atoms with Crippen LogP contribution in [0, 0.1) is 0 Å². The normalized spacial score (nSPS) is 18.2. The fraction of sp³-hybridized carbons (Fsp3) is 0.768. The van der Waals surface area contributed by atoms with Gasteiger partial charge in [-0.15, -0.1) is 0 Å². The molecule has 12 heteroatoms. The number of rotatable bonds is 56. The van der Waals surface area contributed by atoms with E-state index in [1.54, 1.807) is 0 Å². The van der Waals surface area contributed by atoms with Crippen LogP contribution in [-0.2, 0) is 42.9 Å². The van der Waals surface area contributed by atoms with Crippen molar-refractivity contribution in [2.45, 2.75) is 327 Å². The Morgan fingerprint density at radius 2 is 0.778 bits per heavy atom. The van der Waals surface area contributed by atoms with Gasteiger partial charge in [0.1, 0.15) is 18.8 Å². The van der Waals surface area contributed by atoms with E-state index < -0.39 is 67.3 Å². The van der Waals surface area contributed by atoms with Gasteiger partial charge in [-0.1, -0.05) is 235 Å². The topological polar surface area (TPSA) is 175 Å². The number of aliphatic hydroxyl groups excluding tert-OH is 2. The summed E-state index contributed by atoms with van der Waals surface area (Å²) in [6.45, 7) is 5.87. The molecular weight excluding hydrogens is 1020 g/mol. The van der Waals surface area contributed by atoms with Crippen molar-refractivity contribution in [3.05, 3.63) is 72.9 Å². The molecule has 0 amide bonds. The van der Waals surface area contributed by atoms with Crippen LogP contribution in [0.5, 0.6) is 0 Å². The first-order chi connectivity index (χ1) is 39.6. The van der Waals surface area contributed by atoms with Crippen LogP contribution in [0.15, 0.2) is 72.9 Å². The number of allylic oxidation sites excluding steroid dienone is 12. The van der Waals surface area contributed by atoms with Gasteiger partial charge in [0.05, 0.1) is 6.61 Å². The third-order valence-corrected chi connectivity index (χ3v) is 14.7. The van der Waals surface area contributed by atoms with Crippen molar-refractivity contribution < 1.29 is 58.2 Å². The minimum Gasteiger partial charge on any atom is -0.479 e. The van der Waals surface area contributed by atoms with Gasteiger partial charge in [-0.05, 0) is 109 Å². The summed E-state index contributed by atoms with van der Waals surface area (Å²) in [5, 5.41) is 31.6. The van der Waals surface area contributed by atoms with Crippen molar-refractivity contribution in [2.24, 2.45) is 0 Å². The summed E-state index contributed by atoms with van der Waals surface area (Å²) in [5.74, 6) is -3.14. The van der Waals surface area contributed by atoms with Gasteiger partial charge < -0.3 is 39.0 Å². The molecule has 1 rings (SSSR count). The lowest BCUT2D eigenvalue weighted by molar-refractivity contribution is -0.301. The molecule has 1 aliphatic heterocycles. The summed E-state index contributed by atoms with van der Waals surface area (Å²) in [4.78, 5) is 51.3. The van der Waals surface area contributed by atoms with Gasteiger partial charge in [0.2, 0.25) is 0 Å². The number of aliphatic carboxylic acids is 1. The van der Waals surface area contributed by atoms with Crippen molar-refractivity contribution >= 4 is 23.9 Å². The van der Waals surface area contributed by atoms with E-state index in [1.165, 1.54) is 116 Å². The molecule has 0 radical (unpaired) electrons. The van der Waals surface area contributed by atoms with Crippen LogP contribution in [0.25, 0.3) is 0 Å². The van der Waals surface area contributed by atoms with Crippen LogP contribution in [0.2, 0.25) is 0 Å². The van der Waals surface area contributed by atoms with Gasteiger partial charge in [-0.3, -0.25) is 14.4 Å². The Bertz CT molecular complexity index is 1680. The molecule has 1 aliphatic rings. The van der Waals surface area contributed by atoms with Crippen LogP contribution in [-0.4, -0.2) is 89.2 Å². The van der Waals surface area contributed by atoms with E-state index in [0.717, 1.165) is 116 Å². The standard InChI is InChI=1S/C69H118O12/c1-4-7-10-13-16-19-22-25-28-30-31-33-35-37-40-43-46-49-52-55-61(70)77-58-60(79-62(71)56-53-50-47-44-41-39-36-32-29-26-23-20-17-14-11-8-5-2)59-78-69-67(65(74)64(73)66(81-69)68(75)76)80-63(72)57-54-51-48-45-42-38-34-27-24-21-18-15-12-9-6-3/h9,12,16,18-19,21,25-29,34,60,64-67,69,73-74H,4-8,10-11,13-15,17,20,22-24,30-33,35-59H2,1-3H3,(H,75,76)/b12-9-,19-16-,21-18-,28-25-,29-26-,34-27-. The van der Waals surface area contributed by atoms with Crippen molar-refractivity contribution in [3.63, 3.8) is 0 Å². The highest BCUT2D eigenvalue weighted by atomic mass is 16.7. The van der Waals surface area contributed by atoms with Crippen molar-refractivity contribution in [2.75, 3.05) is 13.2 Å². The van der Waals surface area contributed by atoms with E-state index in [9.17, 15) is 34.5 Å². The quantitative estimate of drug-likeness (QED) is 0.0228. The van der Waals surface area contributed by atoms with Gasteiger partial charge in [-0.25, -0.2) is 4.79 Å². The second-order valence-electron chi connectivity index (χ2n) is 22.4. The van der Waals surface area contributed by atoms with Gasteiger partial charge in [-0.2, -0.15) is 0 Å². The molecule has 6 unspecified atom stereocenters. The lowest BCUT2D eigenvalue weighted by atomic mass is 9.98. The first kappa shape index (κ1) is 75.2. The molecule has 81 heavy (non-hydrogen) atoms. The summed E-state index contributed by atoms with van der Waals surface area (Å²) >= 11 is 0. The smallest absolute Gasteiger partial charge is 0.335 e. The third-order valence-electron chi connectivity index (χ3n) is 14.7. The zero-order chi connectivity index (χ0) is 58.9. The molecular formula is C69H118O12. The van der Waals surface area contributed by atoms with Crippen LogP contribution < -0.4 is 0 Å². The first-order valence-corrected chi connectivity index (χ1v) is 32.9.